The van der Waals surface area contributed by atoms with Crippen LogP contribution in [-0.2, 0) is 13.8 Å². The first-order valence-corrected chi connectivity index (χ1v) is 8.78. The molecule has 1 saturated heterocycles. The number of hydrogen-bond donors (Lipinski definition) is 0. The van der Waals surface area contributed by atoms with Crippen LogP contribution < -0.4 is 22.5 Å². The Morgan fingerprint density at radius 1 is 1.45 bits per heavy atom. The van der Waals surface area contributed by atoms with Crippen LogP contribution in [0, 0.1) is 10.2 Å². The first-order chi connectivity index (χ1) is 9.40. The Hall–Kier alpha value is -0.550. The lowest BCUT2D eigenvalue weighted by atomic mass is 10.2. The van der Waals surface area contributed by atoms with Gasteiger partial charge < -0.3 is 4.74 Å². The van der Waals surface area contributed by atoms with Gasteiger partial charge >= 0.3 is 9.95 Å². The zero-order valence-electron chi connectivity index (χ0n) is 10.5. The molecule has 1 aromatic heterocycles. The maximum atomic E-state index is 11.9. The summed E-state index contributed by atoms with van der Waals surface area (Å²) in [5.74, 6) is -0.445. The maximum Gasteiger partial charge on any atom is 0.375 e. The molecule has 0 saturated carbocycles. The van der Waals surface area contributed by atoms with Crippen molar-refractivity contribution in [1.82, 2.24) is 4.58 Å². The van der Waals surface area contributed by atoms with Gasteiger partial charge in [0.25, 0.3) is 12.1 Å². The van der Waals surface area contributed by atoms with Crippen LogP contribution in [0.4, 0.5) is 0 Å². The molecule has 0 spiro atoms. The number of halogens is 1. The van der Waals surface area contributed by atoms with E-state index in [0.717, 1.165) is 3.98 Å². The van der Waals surface area contributed by atoms with Gasteiger partial charge in [0.15, 0.2) is 6.54 Å². The summed E-state index contributed by atoms with van der Waals surface area (Å²) in [5, 5.41) is 3.72. The topological polar surface area (TPSA) is 108 Å². The Morgan fingerprint density at radius 2 is 2.10 bits per heavy atom. The SMILES string of the molecule is CCOC(=O)C1CC(O[Cl+3]([O-])([O-])[O-])C[N+]1=c1sccs1. The molecular formula is C10H13ClNO6S2+. The van der Waals surface area contributed by atoms with Crippen molar-refractivity contribution in [1.29, 1.82) is 0 Å². The van der Waals surface area contributed by atoms with Crippen molar-refractivity contribution in [3.05, 3.63) is 14.7 Å². The highest BCUT2D eigenvalue weighted by atomic mass is 35.7. The summed E-state index contributed by atoms with van der Waals surface area (Å²) in [6.07, 6.45) is -0.736. The Kier molecular flexibility index (Phi) is 5.13. The standard InChI is InChI=1S/C10H13ClNO6S2/c1-2-17-9(13)8-5-7(18-11(14,15)16)6-12(8)10-19-3-4-20-10/h3-4,7-8H,2,5-6H2,1H3/q+1. The van der Waals surface area contributed by atoms with E-state index < -0.39 is 28.4 Å². The van der Waals surface area contributed by atoms with Crippen LogP contribution in [0.15, 0.2) is 10.8 Å². The van der Waals surface area contributed by atoms with E-state index in [9.17, 15) is 18.8 Å². The molecule has 7 nitrogen and oxygen atoms in total. The lowest BCUT2D eigenvalue weighted by molar-refractivity contribution is -1.92. The Bertz CT molecular complexity index is 520. The first-order valence-electron chi connectivity index (χ1n) is 5.78. The van der Waals surface area contributed by atoms with E-state index in [0.29, 0.717) is 0 Å². The summed E-state index contributed by atoms with van der Waals surface area (Å²) in [6.45, 7) is 2.09. The lowest BCUT2D eigenvalue weighted by Gasteiger charge is -2.13. The third-order valence-electron chi connectivity index (χ3n) is 2.68. The number of carbonyl (C=O) groups excluding carboxylic acids is 1. The predicted octanol–water partition coefficient (Wildman–Crippen LogP) is -2.80. The number of nitrogens with zero attached hydrogens (tertiary/aromatic N) is 1. The van der Waals surface area contributed by atoms with Crippen LogP contribution >= 0.6 is 22.7 Å². The van der Waals surface area contributed by atoms with Gasteiger partial charge in [0.05, 0.1) is 27.6 Å². The minimum atomic E-state index is -4.50. The summed E-state index contributed by atoms with van der Waals surface area (Å²) < 4.78 is 43.9. The lowest BCUT2D eigenvalue weighted by Crippen LogP contribution is -2.62. The van der Waals surface area contributed by atoms with Crippen molar-refractivity contribution in [3.8, 4) is 0 Å². The van der Waals surface area contributed by atoms with E-state index in [1.165, 1.54) is 22.7 Å². The van der Waals surface area contributed by atoms with Gasteiger partial charge in [-0.2, -0.15) is 18.6 Å². The van der Waals surface area contributed by atoms with E-state index in [1.54, 1.807) is 11.5 Å². The zero-order valence-corrected chi connectivity index (χ0v) is 12.9. The molecule has 0 aliphatic carbocycles. The number of ether oxygens (including phenoxy) is 1. The molecule has 0 aromatic carbocycles. The second-order valence-corrected chi connectivity index (χ2v) is 7.00. The first kappa shape index (κ1) is 15.8. The molecule has 0 amide bonds. The molecule has 112 valence electrons. The molecular weight excluding hydrogens is 330 g/mol. The van der Waals surface area contributed by atoms with Crippen LogP contribution in [-0.4, -0.2) is 31.3 Å². The molecule has 2 rings (SSSR count). The van der Waals surface area contributed by atoms with E-state index in [2.05, 4.69) is 4.29 Å². The molecule has 0 N–H and O–H groups in total. The molecule has 1 aliphatic heterocycles. The van der Waals surface area contributed by atoms with E-state index in [1.807, 2.05) is 10.8 Å². The van der Waals surface area contributed by atoms with Crippen molar-refractivity contribution in [2.75, 3.05) is 13.2 Å². The van der Waals surface area contributed by atoms with E-state index >= 15 is 0 Å². The van der Waals surface area contributed by atoms with Gasteiger partial charge in [-0.15, -0.1) is 0 Å². The third kappa shape index (κ3) is 3.98. The molecule has 1 fully saturated rings. The van der Waals surface area contributed by atoms with Crippen molar-refractivity contribution in [2.45, 2.75) is 25.5 Å². The fourth-order valence-corrected chi connectivity index (χ4v) is 4.36. The van der Waals surface area contributed by atoms with Crippen molar-refractivity contribution in [2.24, 2.45) is 0 Å². The van der Waals surface area contributed by atoms with Gasteiger partial charge in [0.1, 0.15) is 0 Å². The van der Waals surface area contributed by atoms with E-state index in [-0.39, 0.29) is 19.6 Å². The molecule has 2 heterocycles. The van der Waals surface area contributed by atoms with Gasteiger partial charge in [0, 0.05) is 10.8 Å². The van der Waals surface area contributed by atoms with Crippen LogP contribution in [0.25, 0.3) is 0 Å². The van der Waals surface area contributed by atoms with Crippen LogP contribution in [0.3, 0.4) is 0 Å². The molecule has 10 heteroatoms. The number of carbonyl (C=O) groups is 1. The van der Waals surface area contributed by atoms with Crippen LogP contribution in [0.5, 0.6) is 0 Å². The second kappa shape index (κ2) is 6.48. The summed E-state index contributed by atoms with van der Waals surface area (Å²) >= 11 is 2.86. The molecule has 0 radical (unpaired) electrons. The minimum Gasteiger partial charge on any atom is -0.461 e. The fourth-order valence-electron chi connectivity index (χ4n) is 2.02. The maximum absolute atomic E-state index is 11.9. The van der Waals surface area contributed by atoms with Gasteiger partial charge in [-0.25, -0.2) is 4.79 Å². The number of rotatable bonds is 4. The largest absolute Gasteiger partial charge is 0.461 e. The second-order valence-electron chi connectivity index (χ2n) is 4.02. The number of hydrogen-bond acceptors (Lipinski definition) is 8. The molecule has 1 aromatic rings. The van der Waals surface area contributed by atoms with Gasteiger partial charge in [-0.3, -0.25) is 0 Å². The normalized spacial score (nSPS) is 23.1. The molecule has 0 bridgehead atoms. The fraction of sp³-hybridized carbons (Fsp3) is 0.600. The average molecular weight is 343 g/mol. The molecule has 2 atom stereocenters. The van der Waals surface area contributed by atoms with Crippen molar-refractivity contribution in [3.63, 3.8) is 0 Å². The van der Waals surface area contributed by atoms with Gasteiger partial charge in [0.2, 0.25) is 0 Å². The predicted molar refractivity (Wildman–Crippen MR) is 62.2 cm³/mol. The highest BCUT2D eigenvalue weighted by Crippen LogP contribution is 2.18. The van der Waals surface area contributed by atoms with Crippen molar-refractivity contribution < 1.29 is 38.0 Å². The summed E-state index contributed by atoms with van der Waals surface area (Å²) in [6, 6.07) is -0.633. The third-order valence-corrected chi connectivity index (χ3v) is 5.32. The Balaban J connectivity index is 2.25. The Morgan fingerprint density at radius 3 is 2.65 bits per heavy atom. The van der Waals surface area contributed by atoms with Crippen molar-refractivity contribution >= 4 is 28.6 Å². The smallest absolute Gasteiger partial charge is 0.375 e. The molecule has 20 heavy (non-hydrogen) atoms. The van der Waals surface area contributed by atoms with Gasteiger partial charge in [-0.05, 0) is 6.92 Å². The quantitative estimate of drug-likeness (QED) is 0.432. The van der Waals surface area contributed by atoms with Crippen LogP contribution in [0.2, 0.25) is 0 Å². The average Bonchev–Trinajstić information content (AvgIpc) is 2.94. The monoisotopic (exact) mass is 342 g/mol. The molecule has 1 aliphatic rings. The van der Waals surface area contributed by atoms with E-state index in [4.69, 9.17) is 4.74 Å². The highest BCUT2D eigenvalue weighted by Gasteiger charge is 2.49. The summed E-state index contributed by atoms with van der Waals surface area (Å²) in [4.78, 5) is 11.9. The van der Waals surface area contributed by atoms with Crippen LogP contribution in [0.1, 0.15) is 13.3 Å². The summed E-state index contributed by atoms with van der Waals surface area (Å²) in [5.41, 5.74) is 0. The molecule has 2 unspecified atom stereocenters. The number of esters is 1. The zero-order chi connectivity index (χ0) is 14.8. The van der Waals surface area contributed by atoms with Gasteiger partial charge in [-0.1, -0.05) is 22.7 Å². The Labute approximate surface area is 125 Å². The highest BCUT2D eigenvalue weighted by molar-refractivity contribution is 7.24. The summed E-state index contributed by atoms with van der Waals surface area (Å²) in [7, 11) is -4.50. The minimum absolute atomic E-state index is 0.109.